The van der Waals surface area contributed by atoms with Crippen LogP contribution in [0.4, 0.5) is 0 Å². The van der Waals surface area contributed by atoms with Crippen LogP contribution in [0.3, 0.4) is 0 Å². The van der Waals surface area contributed by atoms with Gasteiger partial charge in [-0.15, -0.1) is 0 Å². The number of nitrogens with zero attached hydrogens (tertiary/aromatic N) is 2. The fourth-order valence-electron chi connectivity index (χ4n) is 2.77. The number of hydrogen-bond donors (Lipinski definition) is 1. The highest BCUT2D eigenvalue weighted by molar-refractivity contribution is 5.87. The van der Waals surface area contributed by atoms with E-state index in [1.54, 1.807) is 6.08 Å². The van der Waals surface area contributed by atoms with Crippen molar-refractivity contribution in [2.75, 3.05) is 6.54 Å². The Morgan fingerprint density at radius 1 is 1.12 bits per heavy atom. The lowest BCUT2D eigenvalue weighted by atomic mass is 10.2. The van der Waals surface area contributed by atoms with Crippen molar-refractivity contribution in [3.05, 3.63) is 78.1 Å². The third-order valence-electron chi connectivity index (χ3n) is 3.88. The Morgan fingerprint density at radius 2 is 1.88 bits per heavy atom. The fourth-order valence-corrected chi connectivity index (χ4v) is 2.77. The van der Waals surface area contributed by atoms with Crippen LogP contribution < -0.4 is 5.32 Å². The summed E-state index contributed by atoms with van der Waals surface area (Å²) >= 11 is 0. The highest BCUT2D eigenvalue weighted by Crippen LogP contribution is 2.18. The molecule has 2 aromatic carbocycles. The van der Waals surface area contributed by atoms with Crippen LogP contribution in [-0.2, 0) is 17.8 Å². The molecule has 0 unspecified atom stereocenters. The van der Waals surface area contributed by atoms with Gasteiger partial charge < -0.3 is 9.88 Å². The second kappa shape index (κ2) is 7.59. The van der Waals surface area contributed by atoms with Crippen molar-refractivity contribution < 1.29 is 4.79 Å². The van der Waals surface area contributed by atoms with Gasteiger partial charge in [-0.2, -0.15) is 0 Å². The number of fused-ring (bicyclic) bond motifs is 1. The first-order valence-corrected chi connectivity index (χ1v) is 8.16. The molecule has 0 aliphatic heterocycles. The molecular weight excluding hydrogens is 298 g/mol. The molecule has 122 valence electrons. The van der Waals surface area contributed by atoms with E-state index < -0.39 is 0 Å². The molecule has 1 amide bonds. The molecule has 3 rings (SSSR count). The number of imidazole rings is 1. The number of benzene rings is 2. The van der Waals surface area contributed by atoms with Gasteiger partial charge in [-0.3, -0.25) is 4.79 Å². The van der Waals surface area contributed by atoms with E-state index in [4.69, 9.17) is 4.98 Å². The van der Waals surface area contributed by atoms with Crippen molar-refractivity contribution in [3.8, 4) is 0 Å². The van der Waals surface area contributed by atoms with Crippen LogP contribution in [0.15, 0.2) is 66.7 Å². The van der Waals surface area contributed by atoms with Gasteiger partial charge in [0.25, 0.3) is 0 Å². The van der Waals surface area contributed by atoms with Crippen molar-refractivity contribution in [2.45, 2.75) is 19.9 Å². The average Bonchev–Trinajstić information content (AvgIpc) is 2.94. The summed E-state index contributed by atoms with van der Waals surface area (Å²) < 4.78 is 2.23. The Kier molecular flexibility index (Phi) is 5.06. The lowest BCUT2D eigenvalue weighted by Crippen LogP contribution is -2.24. The molecule has 1 aromatic heterocycles. The predicted molar refractivity (Wildman–Crippen MR) is 96.8 cm³/mol. The number of para-hydroxylation sites is 2. The number of amides is 1. The monoisotopic (exact) mass is 319 g/mol. The molecular formula is C20H21N3O. The summed E-state index contributed by atoms with van der Waals surface area (Å²) in [6.07, 6.45) is 3.97. The molecule has 0 spiro atoms. The molecule has 1 heterocycles. The minimum atomic E-state index is -0.0665. The van der Waals surface area contributed by atoms with E-state index in [1.165, 1.54) is 11.6 Å². The molecule has 0 radical (unpaired) electrons. The van der Waals surface area contributed by atoms with E-state index in [2.05, 4.69) is 28.1 Å². The summed E-state index contributed by atoms with van der Waals surface area (Å²) in [6.45, 7) is 3.18. The zero-order valence-electron chi connectivity index (χ0n) is 13.8. The molecule has 24 heavy (non-hydrogen) atoms. The second-order valence-corrected chi connectivity index (χ2v) is 5.63. The summed E-state index contributed by atoms with van der Waals surface area (Å²) in [7, 11) is 0. The standard InChI is InChI=1S/C20H21N3O/c1-2-8-20(24)21-14-13-19-22-17-11-6-7-12-18(17)23(19)15-16-9-4-3-5-10-16/h2-12H,13-15H2,1H3,(H,21,24)/b8-2+. The van der Waals surface area contributed by atoms with Gasteiger partial charge in [-0.05, 0) is 30.7 Å². The van der Waals surface area contributed by atoms with Crippen molar-refractivity contribution in [1.82, 2.24) is 14.9 Å². The van der Waals surface area contributed by atoms with E-state index in [9.17, 15) is 4.79 Å². The third-order valence-corrected chi connectivity index (χ3v) is 3.88. The van der Waals surface area contributed by atoms with E-state index in [0.29, 0.717) is 13.0 Å². The molecule has 0 atom stereocenters. The van der Waals surface area contributed by atoms with E-state index in [0.717, 1.165) is 23.4 Å². The highest BCUT2D eigenvalue weighted by Gasteiger charge is 2.10. The number of allylic oxidation sites excluding steroid dienone is 1. The van der Waals surface area contributed by atoms with Gasteiger partial charge in [0, 0.05) is 19.5 Å². The SMILES string of the molecule is C/C=C/C(=O)NCCc1nc2ccccc2n1Cc1ccccc1. The molecule has 1 N–H and O–H groups in total. The summed E-state index contributed by atoms with van der Waals surface area (Å²) in [6, 6.07) is 18.5. The summed E-state index contributed by atoms with van der Waals surface area (Å²) in [5.74, 6) is 0.920. The van der Waals surface area contributed by atoms with Crippen LogP contribution in [0.2, 0.25) is 0 Å². The second-order valence-electron chi connectivity index (χ2n) is 5.63. The van der Waals surface area contributed by atoms with Crippen molar-refractivity contribution in [2.24, 2.45) is 0 Å². The van der Waals surface area contributed by atoms with Crippen LogP contribution in [0.1, 0.15) is 18.3 Å². The topological polar surface area (TPSA) is 46.9 Å². The van der Waals surface area contributed by atoms with Gasteiger partial charge in [-0.1, -0.05) is 48.5 Å². The minimum Gasteiger partial charge on any atom is -0.352 e. The maximum absolute atomic E-state index is 11.6. The lowest BCUT2D eigenvalue weighted by molar-refractivity contribution is -0.116. The molecule has 0 saturated heterocycles. The molecule has 4 nitrogen and oxygen atoms in total. The number of aromatic nitrogens is 2. The Hall–Kier alpha value is -2.88. The van der Waals surface area contributed by atoms with Crippen molar-refractivity contribution in [3.63, 3.8) is 0 Å². The summed E-state index contributed by atoms with van der Waals surface area (Å²) in [4.78, 5) is 16.3. The first kappa shape index (κ1) is 16.0. The molecule has 0 aliphatic rings. The molecule has 3 aromatic rings. The fraction of sp³-hybridized carbons (Fsp3) is 0.200. The zero-order chi connectivity index (χ0) is 16.8. The maximum atomic E-state index is 11.6. The normalized spacial score (nSPS) is 11.2. The zero-order valence-corrected chi connectivity index (χ0v) is 13.8. The molecule has 0 aliphatic carbocycles. The van der Waals surface area contributed by atoms with Crippen LogP contribution in [0.25, 0.3) is 11.0 Å². The van der Waals surface area contributed by atoms with Gasteiger partial charge in [0.1, 0.15) is 5.82 Å². The van der Waals surface area contributed by atoms with Crippen LogP contribution >= 0.6 is 0 Å². The molecule has 0 bridgehead atoms. The van der Waals surface area contributed by atoms with Gasteiger partial charge in [0.15, 0.2) is 0 Å². The molecule has 0 fully saturated rings. The van der Waals surface area contributed by atoms with E-state index in [-0.39, 0.29) is 5.91 Å². The first-order chi connectivity index (χ1) is 11.8. The van der Waals surface area contributed by atoms with Crippen LogP contribution in [0.5, 0.6) is 0 Å². The van der Waals surface area contributed by atoms with E-state index >= 15 is 0 Å². The quantitative estimate of drug-likeness (QED) is 0.709. The maximum Gasteiger partial charge on any atom is 0.243 e. The minimum absolute atomic E-state index is 0.0665. The van der Waals surface area contributed by atoms with Gasteiger partial charge in [0.05, 0.1) is 11.0 Å². The van der Waals surface area contributed by atoms with E-state index in [1.807, 2.05) is 43.3 Å². The van der Waals surface area contributed by atoms with Crippen molar-refractivity contribution >= 4 is 16.9 Å². The first-order valence-electron chi connectivity index (χ1n) is 8.16. The number of nitrogens with one attached hydrogen (secondary N) is 1. The Morgan fingerprint density at radius 3 is 2.67 bits per heavy atom. The largest absolute Gasteiger partial charge is 0.352 e. The number of hydrogen-bond acceptors (Lipinski definition) is 2. The summed E-state index contributed by atoms with van der Waals surface area (Å²) in [5, 5.41) is 2.89. The van der Waals surface area contributed by atoms with Crippen molar-refractivity contribution in [1.29, 1.82) is 0 Å². The molecule has 0 saturated carbocycles. The van der Waals surface area contributed by atoms with Gasteiger partial charge in [-0.25, -0.2) is 4.98 Å². The Labute approximate surface area is 141 Å². The smallest absolute Gasteiger partial charge is 0.243 e. The lowest BCUT2D eigenvalue weighted by Gasteiger charge is -2.10. The third kappa shape index (κ3) is 3.71. The van der Waals surface area contributed by atoms with Gasteiger partial charge >= 0.3 is 0 Å². The molecule has 4 heteroatoms. The Bertz CT molecular complexity index is 850. The average molecular weight is 319 g/mol. The number of carbonyl (C=O) groups is 1. The highest BCUT2D eigenvalue weighted by atomic mass is 16.1. The van der Waals surface area contributed by atoms with Crippen LogP contribution in [0, 0.1) is 0 Å². The number of carbonyl (C=O) groups excluding carboxylic acids is 1. The van der Waals surface area contributed by atoms with Crippen LogP contribution in [-0.4, -0.2) is 22.0 Å². The summed E-state index contributed by atoms with van der Waals surface area (Å²) in [5.41, 5.74) is 3.35. The predicted octanol–water partition coefficient (Wildman–Crippen LogP) is 3.32. The van der Waals surface area contributed by atoms with Gasteiger partial charge in [0.2, 0.25) is 5.91 Å². The Balaban J connectivity index is 1.83. The number of rotatable bonds is 6.